The lowest BCUT2D eigenvalue weighted by atomic mass is 10.2. The van der Waals surface area contributed by atoms with Gasteiger partial charge in [0.15, 0.2) is 0 Å². The van der Waals surface area contributed by atoms with Crippen LogP contribution in [-0.4, -0.2) is 68.1 Å². The molecule has 1 unspecified atom stereocenters. The van der Waals surface area contributed by atoms with Crippen molar-refractivity contribution in [2.75, 3.05) is 46.3 Å². The quantitative estimate of drug-likeness (QED) is 0.639. The molecule has 1 atom stereocenters. The highest BCUT2D eigenvalue weighted by molar-refractivity contribution is 5.75. The summed E-state index contributed by atoms with van der Waals surface area (Å²) in [6.45, 7) is 7.96. The molecule has 0 aromatic carbocycles. The Morgan fingerprint density at radius 1 is 1.38 bits per heavy atom. The summed E-state index contributed by atoms with van der Waals surface area (Å²) in [6, 6.07) is 0.473. The van der Waals surface area contributed by atoms with Crippen LogP contribution < -0.4 is 11.1 Å². The van der Waals surface area contributed by atoms with Crippen LogP contribution in [0.1, 0.15) is 13.3 Å². The first-order valence-electron chi connectivity index (χ1n) is 6.04. The second-order valence-corrected chi connectivity index (χ2v) is 4.39. The van der Waals surface area contributed by atoms with Gasteiger partial charge in [-0.3, -0.25) is 9.69 Å². The maximum Gasteiger partial charge on any atom is 0.221 e. The number of rotatable bonds is 5. The van der Waals surface area contributed by atoms with Crippen LogP contribution in [0.5, 0.6) is 0 Å². The number of nitrogens with two attached hydrogens (primary N) is 1. The number of carbonyl (C=O) groups excluding carboxylic acids is 1. The summed E-state index contributed by atoms with van der Waals surface area (Å²) in [5.74, 6) is 0.123. The number of carbonyl (C=O) groups is 1. The Labute approximate surface area is 98.0 Å². The Morgan fingerprint density at radius 3 is 2.50 bits per heavy atom. The highest BCUT2D eigenvalue weighted by Gasteiger charge is 2.20. The van der Waals surface area contributed by atoms with E-state index < -0.39 is 0 Å². The maximum absolute atomic E-state index is 11.1. The molecule has 0 saturated carbocycles. The fourth-order valence-electron chi connectivity index (χ4n) is 1.96. The number of nitrogens with zero attached hydrogens (tertiary/aromatic N) is 2. The van der Waals surface area contributed by atoms with E-state index in [2.05, 4.69) is 22.0 Å². The van der Waals surface area contributed by atoms with Crippen molar-refractivity contribution in [1.82, 2.24) is 15.1 Å². The summed E-state index contributed by atoms with van der Waals surface area (Å²) in [6.07, 6.45) is 0.600. The van der Waals surface area contributed by atoms with E-state index in [1.165, 1.54) is 0 Å². The number of nitrogens with one attached hydrogen (secondary N) is 1. The van der Waals surface area contributed by atoms with Crippen LogP contribution in [-0.2, 0) is 4.79 Å². The SMILES string of the molecule is CNC(=O)CCN1CCN(C(C)CN)CC1. The molecular formula is C11H24N4O. The molecule has 1 saturated heterocycles. The second-order valence-electron chi connectivity index (χ2n) is 4.39. The van der Waals surface area contributed by atoms with E-state index in [-0.39, 0.29) is 5.91 Å². The topological polar surface area (TPSA) is 61.6 Å². The fraction of sp³-hybridized carbons (Fsp3) is 0.909. The minimum absolute atomic E-state index is 0.123. The third-order valence-electron chi connectivity index (χ3n) is 3.31. The molecule has 0 aromatic rings. The van der Waals surface area contributed by atoms with Gasteiger partial charge in [-0.15, -0.1) is 0 Å². The van der Waals surface area contributed by atoms with Crippen LogP contribution in [0.4, 0.5) is 0 Å². The Kier molecular flexibility index (Phi) is 5.73. The third-order valence-corrected chi connectivity index (χ3v) is 3.31. The number of hydrogen-bond acceptors (Lipinski definition) is 4. The predicted octanol–water partition coefficient (Wildman–Crippen LogP) is -0.913. The van der Waals surface area contributed by atoms with E-state index in [9.17, 15) is 4.79 Å². The average Bonchev–Trinajstić information content (AvgIpc) is 2.35. The molecule has 1 heterocycles. The van der Waals surface area contributed by atoms with Gasteiger partial charge in [-0.2, -0.15) is 0 Å². The molecule has 1 amide bonds. The molecule has 94 valence electrons. The van der Waals surface area contributed by atoms with Crippen LogP contribution in [0.25, 0.3) is 0 Å². The molecule has 16 heavy (non-hydrogen) atoms. The molecule has 1 fully saturated rings. The van der Waals surface area contributed by atoms with Crippen molar-refractivity contribution in [1.29, 1.82) is 0 Å². The zero-order valence-electron chi connectivity index (χ0n) is 10.4. The Bertz CT molecular complexity index is 214. The van der Waals surface area contributed by atoms with Gasteiger partial charge >= 0.3 is 0 Å². The summed E-state index contributed by atoms with van der Waals surface area (Å²) in [7, 11) is 1.68. The van der Waals surface area contributed by atoms with Crippen LogP contribution in [0.3, 0.4) is 0 Å². The van der Waals surface area contributed by atoms with E-state index in [0.29, 0.717) is 12.5 Å². The van der Waals surface area contributed by atoms with Crippen molar-refractivity contribution in [2.45, 2.75) is 19.4 Å². The van der Waals surface area contributed by atoms with Gasteiger partial charge in [0, 0.05) is 58.8 Å². The first kappa shape index (κ1) is 13.4. The molecule has 0 aromatic heterocycles. The molecule has 0 spiro atoms. The maximum atomic E-state index is 11.1. The molecule has 0 radical (unpaired) electrons. The fourth-order valence-corrected chi connectivity index (χ4v) is 1.96. The summed E-state index contributed by atoms with van der Waals surface area (Å²) in [4.78, 5) is 15.9. The summed E-state index contributed by atoms with van der Waals surface area (Å²) in [5.41, 5.74) is 5.65. The van der Waals surface area contributed by atoms with Gasteiger partial charge in [0.2, 0.25) is 5.91 Å². The van der Waals surface area contributed by atoms with Gasteiger partial charge in [-0.05, 0) is 6.92 Å². The van der Waals surface area contributed by atoms with Gasteiger partial charge in [-0.25, -0.2) is 0 Å². The molecule has 1 aliphatic rings. The zero-order valence-corrected chi connectivity index (χ0v) is 10.4. The Balaban J connectivity index is 2.19. The lowest BCUT2D eigenvalue weighted by molar-refractivity contribution is -0.121. The molecule has 0 bridgehead atoms. The van der Waals surface area contributed by atoms with E-state index in [0.717, 1.165) is 39.3 Å². The van der Waals surface area contributed by atoms with Crippen LogP contribution in [0.2, 0.25) is 0 Å². The molecule has 0 aliphatic carbocycles. The Hall–Kier alpha value is -0.650. The van der Waals surface area contributed by atoms with Gasteiger partial charge in [0.1, 0.15) is 0 Å². The minimum atomic E-state index is 0.123. The lowest BCUT2D eigenvalue weighted by Gasteiger charge is -2.37. The van der Waals surface area contributed by atoms with Crippen molar-refractivity contribution in [3.8, 4) is 0 Å². The van der Waals surface area contributed by atoms with Gasteiger partial charge in [0.25, 0.3) is 0 Å². The lowest BCUT2D eigenvalue weighted by Crippen LogP contribution is -2.51. The summed E-state index contributed by atoms with van der Waals surface area (Å²) >= 11 is 0. The molecule has 3 N–H and O–H groups in total. The van der Waals surface area contributed by atoms with Crippen LogP contribution in [0, 0.1) is 0 Å². The number of piperazine rings is 1. The van der Waals surface area contributed by atoms with Gasteiger partial charge < -0.3 is 16.0 Å². The highest BCUT2D eigenvalue weighted by atomic mass is 16.1. The molecule has 1 rings (SSSR count). The van der Waals surface area contributed by atoms with Crippen molar-refractivity contribution in [3.05, 3.63) is 0 Å². The van der Waals surface area contributed by atoms with E-state index in [4.69, 9.17) is 5.73 Å². The first-order valence-corrected chi connectivity index (χ1v) is 6.04. The second kappa shape index (κ2) is 6.83. The van der Waals surface area contributed by atoms with Crippen molar-refractivity contribution in [2.24, 2.45) is 5.73 Å². The monoisotopic (exact) mass is 228 g/mol. The smallest absolute Gasteiger partial charge is 0.221 e. The van der Waals surface area contributed by atoms with E-state index >= 15 is 0 Å². The summed E-state index contributed by atoms with van der Waals surface area (Å²) in [5, 5.41) is 2.65. The van der Waals surface area contributed by atoms with Crippen molar-refractivity contribution in [3.63, 3.8) is 0 Å². The molecule has 5 nitrogen and oxygen atoms in total. The van der Waals surface area contributed by atoms with E-state index in [1.54, 1.807) is 7.05 Å². The standard InChI is InChI=1S/C11H24N4O/c1-10(9-12)15-7-5-14(6-8-15)4-3-11(16)13-2/h10H,3-9,12H2,1-2H3,(H,13,16). The summed E-state index contributed by atoms with van der Waals surface area (Å²) < 4.78 is 0. The molecule has 1 aliphatic heterocycles. The normalized spacial score (nSPS) is 20.7. The largest absolute Gasteiger partial charge is 0.359 e. The average molecular weight is 228 g/mol. The number of hydrogen-bond donors (Lipinski definition) is 2. The minimum Gasteiger partial charge on any atom is -0.359 e. The van der Waals surface area contributed by atoms with Crippen LogP contribution >= 0.6 is 0 Å². The van der Waals surface area contributed by atoms with Gasteiger partial charge in [0.05, 0.1) is 0 Å². The van der Waals surface area contributed by atoms with E-state index in [1.807, 2.05) is 0 Å². The molecule has 5 heteroatoms. The number of amides is 1. The van der Waals surface area contributed by atoms with Gasteiger partial charge in [-0.1, -0.05) is 0 Å². The van der Waals surface area contributed by atoms with Crippen molar-refractivity contribution < 1.29 is 4.79 Å². The van der Waals surface area contributed by atoms with Crippen molar-refractivity contribution >= 4 is 5.91 Å². The third kappa shape index (κ3) is 4.08. The Morgan fingerprint density at radius 2 is 2.00 bits per heavy atom. The molecular weight excluding hydrogens is 204 g/mol. The van der Waals surface area contributed by atoms with Crippen LogP contribution in [0.15, 0.2) is 0 Å². The zero-order chi connectivity index (χ0) is 12.0. The predicted molar refractivity (Wildman–Crippen MR) is 65.2 cm³/mol. The highest BCUT2D eigenvalue weighted by Crippen LogP contribution is 2.05. The first-order chi connectivity index (χ1) is 7.67.